The van der Waals surface area contributed by atoms with Crippen LogP contribution in [0.3, 0.4) is 0 Å². The van der Waals surface area contributed by atoms with E-state index in [9.17, 15) is 9.59 Å². The highest BCUT2D eigenvalue weighted by Crippen LogP contribution is 2.26. The Bertz CT molecular complexity index is 1650. The van der Waals surface area contributed by atoms with Gasteiger partial charge in [-0.05, 0) is 44.2 Å². The molecule has 3 N–H and O–H groups in total. The van der Waals surface area contributed by atoms with E-state index in [1.807, 2.05) is 13.8 Å². The van der Waals surface area contributed by atoms with Gasteiger partial charge in [0, 0.05) is 24.6 Å². The quantitative estimate of drug-likeness (QED) is 0.321. The number of hydrogen-bond donors (Lipinski definition) is 3. The van der Waals surface area contributed by atoms with Crippen molar-refractivity contribution in [2.24, 2.45) is 0 Å². The standard InChI is InChI=1S/C24H22ClN9O2/c1-3-26-24(36)31-15-6-4-7-16(12-15)34-21(32-18-9-5-8-17(25)19(18)23(34)35)14(2)30-20-22-27-10-11-33(22)29-13-28-20/h4-14H,3H2,1-2H3,(H2,26,31,36)(H,28,29,30). The summed E-state index contributed by atoms with van der Waals surface area (Å²) < 4.78 is 3.08. The molecule has 0 aliphatic carbocycles. The number of rotatable bonds is 6. The lowest BCUT2D eigenvalue weighted by Crippen LogP contribution is -2.29. The van der Waals surface area contributed by atoms with E-state index in [1.165, 1.54) is 10.9 Å². The molecule has 3 aromatic heterocycles. The third-order valence-electron chi connectivity index (χ3n) is 5.51. The molecule has 5 aromatic rings. The van der Waals surface area contributed by atoms with Crippen LogP contribution in [-0.4, -0.2) is 41.7 Å². The Kier molecular flexibility index (Phi) is 6.21. The summed E-state index contributed by atoms with van der Waals surface area (Å²) in [5.41, 5.74) is 1.71. The van der Waals surface area contributed by atoms with Crippen molar-refractivity contribution >= 4 is 45.7 Å². The van der Waals surface area contributed by atoms with Crippen molar-refractivity contribution in [1.82, 2.24) is 34.4 Å². The van der Waals surface area contributed by atoms with E-state index in [0.717, 1.165) is 0 Å². The number of hydrogen-bond acceptors (Lipinski definition) is 7. The molecule has 0 fully saturated rings. The number of imidazole rings is 1. The largest absolute Gasteiger partial charge is 0.357 e. The number of carbonyl (C=O) groups is 1. The lowest BCUT2D eigenvalue weighted by molar-refractivity contribution is 0.252. The summed E-state index contributed by atoms with van der Waals surface area (Å²) in [6.45, 7) is 4.18. The molecule has 2 amide bonds. The minimum Gasteiger partial charge on any atom is -0.357 e. The zero-order valence-corrected chi connectivity index (χ0v) is 20.2. The van der Waals surface area contributed by atoms with Crippen LogP contribution in [0.1, 0.15) is 25.7 Å². The third-order valence-corrected chi connectivity index (χ3v) is 5.82. The highest BCUT2D eigenvalue weighted by atomic mass is 35.5. The van der Waals surface area contributed by atoms with E-state index in [1.54, 1.807) is 59.4 Å². The van der Waals surface area contributed by atoms with Gasteiger partial charge in [-0.1, -0.05) is 23.7 Å². The number of amides is 2. The molecule has 0 radical (unpaired) electrons. The second kappa shape index (κ2) is 9.62. The number of halogens is 1. The Labute approximate surface area is 210 Å². The molecule has 1 unspecified atom stereocenters. The molecule has 182 valence electrons. The second-order valence-electron chi connectivity index (χ2n) is 7.95. The van der Waals surface area contributed by atoms with Gasteiger partial charge in [0.15, 0.2) is 11.5 Å². The van der Waals surface area contributed by atoms with E-state index in [4.69, 9.17) is 16.6 Å². The molecule has 0 spiro atoms. The van der Waals surface area contributed by atoms with E-state index in [0.29, 0.717) is 51.1 Å². The summed E-state index contributed by atoms with van der Waals surface area (Å²) in [7, 11) is 0. The number of nitrogens with zero attached hydrogens (tertiary/aromatic N) is 6. The lowest BCUT2D eigenvalue weighted by Gasteiger charge is -2.21. The molecule has 0 bridgehead atoms. The van der Waals surface area contributed by atoms with Gasteiger partial charge in [0.05, 0.1) is 27.7 Å². The van der Waals surface area contributed by atoms with Crippen molar-refractivity contribution in [3.63, 3.8) is 0 Å². The molecule has 1 atom stereocenters. The maximum Gasteiger partial charge on any atom is 0.319 e. The van der Waals surface area contributed by atoms with E-state index in [2.05, 4.69) is 31.0 Å². The molecule has 0 saturated carbocycles. The number of nitrogens with one attached hydrogen (secondary N) is 3. The number of aromatic nitrogens is 6. The molecular formula is C24H22ClN9O2. The van der Waals surface area contributed by atoms with Gasteiger partial charge in [0.2, 0.25) is 0 Å². The van der Waals surface area contributed by atoms with Gasteiger partial charge >= 0.3 is 6.03 Å². The number of benzene rings is 2. The summed E-state index contributed by atoms with van der Waals surface area (Å²) in [5, 5.41) is 13.5. The van der Waals surface area contributed by atoms with E-state index < -0.39 is 6.04 Å². The van der Waals surface area contributed by atoms with Crippen LogP contribution in [-0.2, 0) is 0 Å². The first-order chi connectivity index (χ1) is 17.5. The van der Waals surface area contributed by atoms with Crippen LogP contribution in [0.25, 0.3) is 22.2 Å². The van der Waals surface area contributed by atoms with Crippen LogP contribution in [0.2, 0.25) is 5.02 Å². The van der Waals surface area contributed by atoms with Crippen molar-refractivity contribution in [3.8, 4) is 5.69 Å². The van der Waals surface area contributed by atoms with Crippen molar-refractivity contribution in [2.45, 2.75) is 19.9 Å². The van der Waals surface area contributed by atoms with E-state index >= 15 is 0 Å². The van der Waals surface area contributed by atoms with Crippen LogP contribution in [0, 0.1) is 0 Å². The molecule has 11 nitrogen and oxygen atoms in total. The summed E-state index contributed by atoms with van der Waals surface area (Å²) in [4.78, 5) is 39.3. The zero-order valence-electron chi connectivity index (χ0n) is 19.4. The maximum absolute atomic E-state index is 13.8. The minimum absolute atomic E-state index is 0.301. The Morgan fingerprint density at radius 2 is 2.00 bits per heavy atom. The fraction of sp³-hybridized carbons (Fsp3) is 0.167. The predicted octanol–water partition coefficient (Wildman–Crippen LogP) is 3.79. The molecule has 12 heteroatoms. The smallest absolute Gasteiger partial charge is 0.319 e. The molecule has 0 aliphatic heterocycles. The van der Waals surface area contributed by atoms with Crippen LogP contribution < -0.4 is 21.5 Å². The third kappa shape index (κ3) is 4.31. The minimum atomic E-state index is -0.475. The van der Waals surface area contributed by atoms with Crippen molar-refractivity contribution in [1.29, 1.82) is 0 Å². The summed E-state index contributed by atoms with van der Waals surface area (Å²) in [6.07, 6.45) is 4.76. The van der Waals surface area contributed by atoms with Crippen LogP contribution in [0.5, 0.6) is 0 Å². The summed E-state index contributed by atoms with van der Waals surface area (Å²) in [5.74, 6) is 0.911. The normalized spacial score (nSPS) is 12.0. The molecule has 0 aliphatic rings. The van der Waals surface area contributed by atoms with Crippen molar-refractivity contribution < 1.29 is 4.79 Å². The first-order valence-corrected chi connectivity index (χ1v) is 11.6. The average Bonchev–Trinajstić information content (AvgIpc) is 3.34. The number of fused-ring (bicyclic) bond motifs is 2. The predicted molar refractivity (Wildman–Crippen MR) is 138 cm³/mol. The first-order valence-electron chi connectivity index (χ1n) is 11.2. The summed E-state index contributed by atoms with van der Waals surface area (Å²) >= 11 is 6.41. The number of urea groups is 1. The fourth-order valence-electron chi connectivity index (χ4n) is 3.93. The summed E-state index contributed by atoms with van der Waals surface area (Å²) in [6, 6.07) is 11.3. The Hall–Kier alpha value is -4.51. The molecular weight excluding hydrogens is 482 g/mol. The van der Waals surface area contributed by atoms with Gasteiger partial charge < -0.3 is 16.0 Å². The van der Waals surface area contributed by atoms with Crippen molar-refractivity contribution in [2.75, 3.05) is 17.2 Å². The maximum atomic E-state index is 13.8. The molecule has 3 heterocycles. The lowest BCUT2D eigenvalue weighted by atomic mass is 10.2. The fourth-order valence-corrected chi connectivity index (χ4v) is 4.18. The topological polar surface area (TPSA) is 131 Å². The number of anilines is 2. The van der Waals surface area contributed by atoms with Crippen LogP contribution in [0.4, 0.5) is 16.3 Å². The Morgan fingerprint density at radius 3 is 2.83 bits per heavy atom. The van der Waals surface area contributed by atoms with Gasteiger partial charge in [0.1, 0.15) is 12.2 Å². The monoisotopic (exact) mass is 503 g/mol. The van der Waals surface area contributed by atoms with Gasteiger partial charge in [-0.2, -0.15) is 5.10 Å². The first kappa shape index (κ1) is 23.2. The van der Waals surface area contributed by atoms with Gasteiger partial charge in [-0.15, -0.1) is 0 Å². The van der Waals surface area contributed by atoms with Gasteiger partial charge in [-0.3, -0.25) is 9.36 Å². The highest BCUT2D eigenvalue weighted by molar-refractivity contribution is 6.35. The Balaban J connectivity index is 1.65. The van der Waals surface area contributed by atoms with Crippen LogP contribution in [0.15, 0.2) is 66.0 Å². The van der Waals surface area contributed by atoms with E-state index in [-0.39, 0.29) is 11.6 Å². The highest BCUT2D eigenvalue weighted by Gasteiger charge is 2.21. The van der Waals surface area contributed by atoms with Gasteiger partial charge in [-0.25, -0.2) is 24.3 Å². The van der Waals surface area contributed by atoms with Crippen LogP contribution >= 0.6 is 11.6 Å². The molecule has 2 aromatic carbocycles. The zero-order chi connectivity index (χ0) is 25.2. The van der Waals surface area contributed by atoms with Crippen molar-refractivity contribution in [3.05, 3.63) is 82.4 Å². The average molecular weight is 504 g/mol. The molecule has 0 saturated heterocycles. The van der Waals surface area contributed by atoms with Gasteiger partial charge in [0.25, 0.3) is 5.56 Å². The second-order valence-corrected chi connectivity index (χ2v) is 8.36. The number of carbonyl (C=O) groups excluding carboxylic acids is 1. The SMILES string of the molecule is CCNC(=O)Nc1cccc(-n2c(C(C)Nc3ncnn4ccnc34)nc3cccc(Cl)c3c2=O)c1. The molecule has 36 heavy (non-hydrogen) atoms. The molecule has 5 rings (SSSR count). The Morgan fingerprint density at radius 1 is 1.17 bits per heavy atom.